The van der Waals surface area contributed by atoms with Gasteiger partial charge in [-0.05, 0) is 35.9 Å². The van der Waals surface area contributed by atoms with Gasteiger partial charge in [0, 0.05) is 16.6 Å². The van der Waals surface area contributed by atoms with E-state index in [1.165, 1.54) is 10.8 Å². The lowest BCUT2D eigenvalue weighted by atomic mass is 10.1. The zero-order valence-electron chi connectivity index (χ0n) is 11.0. The lowest BCUT2D eigenvalue weighted by Gasteiger charge is -2.07. The largest absolute Gasteiger partial charge is 0.310 e. The summed E-state index contributed by atoms with van der Waals surface area (Å²) in [7, 11) is 0. The Morgan fingerprint density at radius 3 is 2.60 bits per heavy atom. The Bertz CT molecular complexity index is 767. The highest BCUT2D eigenvalue weighted by atomic mass is 79.9. The molecule has 3 nitrogen and oxygen atoms in total. The summed E-state index contributed by atoms with van der Waals surface area (Å²) in [4.78, 5) is 0. The van der Waals surface area contributed by atoms with Crippen LogP contribution in [0.15, 0.2) is 40.9 Å². The number of halogens is 2. The van der Waals surface area contributed by atoms with Gasteiger partial charge in [0.05, 0.1) is 5.88 Å². The summed E-state index contributed by atoms with van der Waals surface area (Å²) in [5, 5.41) is 10.8. The number of fused-ring (bicyclic) bond motifs is 1. The Labute approximate surface area is 130 Å². The van der Waals surface area contributed by atoms with Gasteiger partial charge < -0.3 is 4.57 Å². The van der Waals surface area contributed by atoms with Crippen LogP contribution in [0.4, 0.5) is 0 Å². The van der Waals surface area contributed by atoms with Gasteiger partial charge in [-0.1, -0.05) is 34.1 Å². The molecule has 0 aliphatic carbocycles. The van der Waals surface area contributed by atoms with Crippen LogP contribution < -0.4 is 0 Å². The summed E-state index contributed by atoms with van der Waals surface area (Å²) in [6, 6.07) is 12.6. The van der Waals surface area contributed by atoms with E-state index in [1.54, 1.807) is 0 Å². The maximum absolute atomic E-state index is 5.90. The summed E-state index contributed by atoms with van der Waals surface area (Å²) in [6.07, 6.45) is 0. The molecule has 1 heterocycles. The van der Waals surface area contributed by atoms with Crippen molar-refractivity contribution in [1.29, 1.82) is 0 Å². The Morgan fingerprint density at radius 1 is 1.10 bits per heavy atom. The van der Waals surface area contributed by atoms with Crippen LogP contribution in [0.5, 0.6) is 0 Å². The summed E-state index contributed by atoms with van der Waals surface area (Å²) < 4.78 is 3.13. The predicted octanol–water partition coefficient (Wildman–Crippen LogP) is 4.62. The van der Waals surface area contributed by atoms with E-state index < -0.39 is 0 Å². The fourth-order valence-corrected chi connectivity index (χ4v) is 2.91. The molecule has 0 atom stereocenters. The second-order valence-electron chi connectivity index (χ2n) is 4.52. The third-order valence-corrected chi connectivity index (χ3v) is 4.06. The van der Waals surface area contributed by atoms with Gasteiger partial charge in [0.25, 0.3) is 0 Å². The quantitative estimate of drug-likeness (QED) is 0.645. The number of rotatable bonds is 3. The molecule has 2 aromatic carbocycles. The van der Waals surface area contributed by atoms with E-state index in [0.717, 1.165) is 28.2 Å². The third kappa shape index (κ3) is 2.34. The van der Waals surface area contributed by atoms with Crippen molar-refractivity contribution in [2.45, 2.75) is 19.3 Å². The molecule has 102 valence electrons. The molecule has 0 radical (unpaired) electrons. The van der Waals surface area contributed by atoms with Gasteiger partial charge in [-0.25, -0.2) is 0 Å². The topological polar surface area (TPSA) is 30.7 Å². The maximum atomic E-state index is 5.90. The van der Waals surface area contributed by atoms with Crippen LogP contribution in [0.25, 0.3) is 22.2 Å². The van der Waals surface area contributed by atoms with E-state index in [-0.39, 0.29) is 0 Å². The average Bonchev–Trinajstić information content (AvgIpc) is 2.89. The zero-order chi connectivity index (χ0) is 14.1. The standard InChI is InChI=1S/C15H13BrClN3/c1-2-20-14(9-17)18-19-15(20)12-4-3-11-8-13(16)6-5-10(11)7-12/h3-8H,2,9H2,1H3. The van der Waals surface area contributed by atoms with E-state index in [0.29, 0.717) is 5.88 Å². The Kier molecular flexibility index (Phi) is 3.76. The molecule has 3 aromatic rings. The van der Waals surface area contributed by atoms with Crippen LogP contribution in [-0.2, 0) is 12.4 Å². The minimum absolute atomic E-state index is 0.376. The first-order valence-electron chi connectivity index (χ1n) is 6.40. The van der Waals surface area contributed by atoms with Gasteiger partial charge in [0.15, 0.2) is 5.82 Å². The highest BCUT2D eigenvalue weighted by Crippen LogP contribution is 2.26. The van der Waals surface area contributed by atoms with Crippen molar-refractivity contribution < 1.29 is 0 Å². The predicted molar refractivity (Wildman–Crippen MR) is 85.9 cm³/mol. The van der Waals surface area contributed by atoms with Gasteiger partial charge in [-0.15, -0.1) is 21.8 Å². The Hall–Kier alpha value is -1.39. The van der Waals surface area contributed by atoms with Crippen LogP contribution in [-0.4, -0.2) is 14.8 Å². The van der Waals surface area contributed by atoms with Gasteiger partial charge >= 0.3 is 0 Å². The van der Waals surface area contributed by atoms with Gasteiger partial charge in [-0.3, -0.25) is 0 Å². The highest BCUT2D eigenvalue weighted by molar-refractivity contribution is 9.10. The minimum Gasteiger partial charge on any atom is -0.310 e. The van der Waals surface area contributed by atoms with Gasteiger partial charge in [0.1, 0.15) is 5.82 Å². The smallest absolute Gasteiger partial charge is 0.164 e. The molecule has 5 heteroatoms. The number of alkyl halides is 1. The average molecular weight is 351 g/mol. The normalized spacial score (nSPS) is 11.2. The van der Waals surface area contributed by atoms with Crippen molar-refractivity contribution in [2.75, 3.05) is 0 Å². The van der Waals surface area contributed by atoms with E-state index in [9.17, 15) is 0 Å². The summed E-state index contributed by atoms with van der Waals surface area (Å²) in [5.41, 5.74) is 1.06. The molecule has 0 aliphatic rings. The summed E-state index contributed by atoms with van der Waals surface area (Å²) in [5.74, 6) is 2.05. The first kappa shape index (κ1) is 13.6. The fraction of sp³-hybridized carbons (Fsp3) is 0.200. The SMILES string of the molecule is CCn1c(CCl)nnc1-c1ccc2cc(Br)ccc2c1. The van der Waals surface area contributed by atoms with Gasteiger partial charge in [-0.2, -0.15) is 0 Å². The van der Waals surface area contributed by atoms with E-state index in [4.69, 9.17) is 11.6 Å². The van der Waals surface area contributed by atoms with Crippen LogP contribution >= 0.6 is 27.5 Å². The number of aromatic nitrogens is 3. The number of hydrogen-bond acceptors (Lipinski definition) is 2. The molecular formula is C15H13BrClN3. The molecule has 1 aromatic heterocycles. The van der Waals surface area contributed by atoms with E-state index >= 15 is 0 Å². The lowest BCUT2D eigenvalue weighted by molar-refractivity contribution is 0.731. The van der Waals surface area contributed by atoms with Crippen LogP contribution in [0.2, 0.25) is 0 Å². The second-order valence-corrected chi connectivity index (χ2v) is 5.71. The molecule has 3 rings (SSSR count). The molecule has 0 bridgehead atoms. The zero-order valence-corrected chi connectivity index (χ0v) is 13.3. The first-order valence-corrected chi connectivity index (χ1v) is 7.73. The lowest BCUT2D eigenvalue weighted by Crippen LogP contribution is -2.01. The maximum Gasteiger partial charge on any atom is 0.164 e. The molecule has 0 saturated carbocycles. The summed E-state index contributed by atoms with van der Waals surface area (Å²) in [6.45, 7) is 2.88. The van der Waals surface area contributed by atoms with Crippen LogP contribution in [0, 0.1) is 0 Å². The van der Waals surface area contributed by atoms with Gasteiger partial charge in [0.2, 0.25) is 0 Å². The highest BCUT2D eigenvalue weighted by Gasteiger charge is 2.12. The molecular weight excluding hydrogens is 338 g/mol. The number of nitrogens with zero attached hydrogens (tertiary/aromatic N) is 3. The van der Waals surface area contributed by atoms with Crippen LogP contribution in [0.3, 0.4) is 0 Å². The van der Waals surface area contributed by atoms with E-state index in [2.05, 4.69) is 63.4 Å². The minimum atomic E-state index is 0.376. The molecule has 0 saturated heterocycles. The Balaban J connectivity index is 2.15. The van der Waals surface area contributed by atoms with Crippen molar-refractivity contribution in [2.24, 2.45) is 0 Å². The van der Waals surface area contributed by atoms with Crippen molar-refractivity contribution in [3.8, 4) is 11.4 Å². The van der Waals surface area contributed by atoms with E-state index in [1.807, 2.05) is 10.6 Å². The molecule has 0 aliphatic heterocycles. The molecule has 0 unspecified atom stereocenters. The van der Waals surface area contributed by atoms with Crippen molar-refractivity contribution in [1.82, 2.24) is 14.8 Å². The third-order valence-electron chi connectivity index (χ3n) is 3.32. The molecule has 0 fully saturated rings. The monoisotopic (exact) mass is 349 g/mol. The number of hydrogen-bond donors (Lipinski definition) is 0. The van der Waals surface area contributed by atoms with Crippen molar-refractivity contribution in [3.63, 3.8) is 0 Å². The fourth-order valence-electron chi connectivity index (χ4n) is 2.34. The molecule has 0 N–H and O–H groups in total. The molecule has 0 amide bonds. The van der Waals surface area contributed by atoms with Crippen LogP contribution in [0.1, 0.15) is 12.7 Å². The summed E-state index contributed by atoms with van der Waals surface area (Å²) >= 11 is 9.39. The van der Waals surface area contributed by atoms with Crippen molar-refractivity contribution in [3.05, 3.63) is 46.7 Å². The molecule has 20 heavy (non-hydrogen) atoms. The molecule has 0 spiro atoms. The Morgan fingerprint density at radius 2 is 1.85 bits per heavy atom. The second kappa shape index (κ2) is 5.54. The number of benzene rings is 2. The van der Waals surface area contributed by atoms with Crippen molar-refractivity contribution >= 4 is 38.3 Å². The first-order chi connectivity index (χ1) is 9.72.